The van der Waals surface area contributed by atoms with Crippen molar-refractivity contribution < 1.29 is 18.7 Å². The largest absolute Gasteiger partial charge is 0.497 e. The average molecular weight is 437 g/mol. The lowest BCUT2D eigenvalue weighted by molar-refractivity contribution is -0.142. The number of methoxy groups -OCH3 is 2. The fraction of sp³-hybridized carbons (Fsp3) is 0.565. The van der Waals surface area contributed by atoms with Crippen LogP contribution in [0.4, 0.5) is 4.39 Å². The van der Waals surface area contributed by atoms with E-state index in [1.54, 1.807) is 7.11 Å². The molecule has 0 amide bonds. The first-order valence-electron chi connectivity index (χ1n) is 9.94. The molecule has 0 bridgehead atoms. The molecule has 0 radical (unpaired) electrons. The van der Waals surface area contributed by atoms with Crippen molar-refractivity contribution in [2.75, 3.05) is 27.3 Å². The van der Waals surface area contributed by atoms with Crippen LogP contribution in [0.2, 0.25) is 0 Å². The topological polar surface area (TPSA) is 51.7 Å². The molecule has 1 aliphatic heterocycles. The summed E-state index contributed by atoms with van der Waals surface area (Å²) in [6.45, 7) is 17.7. The van der Waals surface area contributed by atoms with Crippen LogP contribution in [0.1, 0.15) is 42.8 Å². The summed E-state index contributed by atoms with van der Waals surface area (Å²) in [5.74, 6) is 0.0550. The quantitative estimate of drug-likeness (QED) is 0.329. The van der Waals surface area contributed by atoms with Crippen LogP contribution in [-0.2, 0) is 20.8 Å². The molecule has 7 heteroatoms. The molecule has 0 saturated carbocycles. The number of carbonyl (C=O) groups excluding carboxylic acids is 1. The molecule has 30 heavy (non-hydrogen) atoms. The molecule has 2 heterocycles. The third kappa shape index (κ3) is 5.65. The molecule has 2 rings (SSSR count). The van der Waals surface area contributed by atoms with Crippen molar-refractivity contribution in [3.05, 3.63) is 46.4 Å². The highest BCUT2D eigenvalue weighted by atomic mass is 32.1. The van der Waals surface area contributed by atoms with Gasteiger partial charge >= 0.3 is 0 Å². The summed E-state index contributed by atoms with van der Waals surface area (Å²) in [4.78, 5) is 19.8. The fourth-order valence-corrected chi connectivity index (χ4v) is 4.84. The zero-order chi connectivity index (χ0) is 22.7. The van der Waals surface area contributed by atoms with E-state index < -0.39 is 11.4 Å². The lowest BCUT2D eigenvalue weighted by Crippen LogP contribution is -2.55. The zero-order valence-electron chi connectivity index (χ0n) is 18.9. The van der Waals surface area contributed by atoms with Gasteiger partial charge in [0.2, 0.25) is 0 Å². The van der Waals surface area contributed by atoms with E-state index in [1.807, 2.05) is 6.92 Å². The van der Waals surface area contributed by atoms with E-state index in [0.29, 0.717) is 41.8 Å². The standard InChI is InChI=1S/C23H33FN2O3S/c1-15(24)9-19(17(3)28-7)21-25-16(2)20(30-21)12-26-11-18(22(4,5)6)10-23(13-26,14-27)29-8/h9,14,18H,1,3,10-13H2,2,4-8H3/b19-9+/t18-,23+/m1/s1. The normalized spacial score (nSPS) is 23.3. The van der Waals surface area contributed by atoms with Gasteiger partial charge in [0, 0.05) is 31.6 Å². The van der Waals surface area contributed by atoms with E-state index in [4.69, 9.17) is 9.47 Å². The predicted molar refractivity (Wildman–Crippen MR) is 120 cm³/mol. The third-order valence-corrected chi connectivity index (χ3v) is 6.92. The first-order valence-corrected chi connectivity index (χ1v) is 10.8. The number of allylic oxidation sites excluding steroid dienone is 3. The zero-order valence-corrected chi connectivity index (χ0v) is 19.7. The highest BCUT2D eigenvalue weighted by Crippen LogP contribution is 2.39. The molecule has 0 N–H and O–H groups in total. The third-order valence-electron chi connectivity index (χ3n) is 5.75. The highest BCUT2D eigenvalue weighted by molar-refractivity contribution is 7.12. The number of aldehydes is 1. The van der Waals surface area contributed by atoms with Gasteiger partial charge in [-0.2, -0.15) is 0 Å². The summed E-state index contributed by atoms with van der Waals surface area (Å²) >= 11 is 1.47. The number of hydrogen-bond acceptors (Lipinski definition) is 6. The molecule has 2 atom stereocenters. The van der Waals surface area contributed by atoms with E-state index in [-0.39, 0.29) is 5.41 Å². The molecule has 166 valence electrons. The van der Waals surface area contributed by atoms with Gasteiger partial charge in [0.15, 0.2) is 6.29 Å². The van der Waals surface area contributed by atoms with E-state index in [0.717, 1.165) is 23.4 Å². The van der Waals surface area contributed by atoms with Gasteiger partial charge in [-0.05, 0) is 30.8 Å². The average Bonchev–Trinajstić information content (AvgIpc) is 3.04. The van der Waals surface area contributed by atoms with Crippen molar-refractivity contribution in [3.8, 4) is 0 Å². The van der Waals surface area contributed by atoms with Gasteiger partial charge in [-0.15, -0.1) is 11.3 Å². The van der Waals surface area contributed by atoms with Crippen LogP contribution >= 0.6 is 11.3 Å². The maximum Gasteiger partial charge on any atom is 0.153 e. The van der Waals surface area contributed by atoms with Crippen LogP contribution in [-0.4, -0.2) is 49.1 Å². The summed E-state index contributed by atoms with van der Waals surface area (Å²) < 4.78 is 24.4. The van der Waals surface area contributed by atoms with Crippen LogP contribution in [0.3, 0.4) is 0 Å². The Bertz CT molecular complexity index is 840. The summed E-state index contributed by atoms with van der Waals surface area (Å²) in [6.07, 6.45) is 2.94. The molecule has 0 unspecified atom stereocenters. The maximum atomic E-state index is 13.5. The molecule has 5 nitrogen and oxygen atoms in total. The summed E-state index contributed by atoms with van der Waals surface area (Å²) in [5, 5.41) is 0.630. The van der Waals surface area contributed by atoms with Crippen molar-refractivity contribution in [1.29, 1.82) is 0 Å². The molecule has 0 spiro atoms. The van der Waals surface area contributed by atoms with Crippen LogP contribution < -0.4 is 0 Å². The van der Waals surface area contributed by atoms with Gasteiger partial charge in [0.25, 0.3) is 0 Å². The molecule has 1 aromatic rings. The first kappa shape index (κ1) is 24.4. The van der Waals surface area contributed by atoms with Crippen LogP contribution in [0.5, 0.6) is 0 Å². The Kier molecular flexibility index (Phi) is 7.77. The van der Waals surface area contributed by atoms with Crippen LogP contribution in [0, 0.1) is 18.3 Å². The van der Waals surface area contributed by atoms with Gasteiger partial charge in [-0.25, -0.2) is 9.37 Å². The maximum absolute atomic E-state index is 13.5. The van der Waals surface area contributed by atoms with Crippen LogP contribution in [0.25, 0.3) is 5.57 Å². The second-order valence-electron chi connectivity index (χ2n) is 8.98. The van der Waals surface area contributed by atoms with Gasteiger partial charge in [-0.1, -0.05) is 33.9 Å². The fourth-order valence-electron chi connectivity index (χ4n) is 3.70. The minimum atomic E-state index is -0.807. The number of ether oxygens (including phenoxy) is 2. The van der Waals surface area contributed by atoms with E-state index in [2.05, 4.69) is 43.8 Å². The van der Waals surface area contributed by atoms with E-state index >= 15 is 0 Å². The number of rotatable bonds is 8. The van der Waals surface area contributed by atoms with E-state index in [9.17, 15) is 9.18 Å². The molecular weight excluding hydrogens is 403 g/mol. The van der Waals surface area contributed by atoms with Crippen LogP contribution in [0.15, 0.2) is 30.8 Å². The molecule has 0 aliphatic carbocycles. The molecule has 1 aliphatic rings. The molecule has 1 aromatic heterocycles. The molecule has 1 fully saturated rings. The smallest absolute Gasteiger partial charge is 0.153 e. The Balaban J connectivity index is 2.34. The summed E-state index contributed by atoms with van der Waals surface area (Å²) in [5.41, 5.74) is 0.586. The predicted octanol–water partition coefficient (Wildman–Crippen LogP) is 4.93. The van der Waals surface area contributed by atoms with Gasteiger partial charge in [0.1, 0.15) is 22.2 Å². The number of piperidine rings is 1. The Morgan fingerprint density at radius 2 is 2.07 bits per heavy atom. The first-order chi connectivity index (χ1) is 13.9. The lowest BCUT2D eigenvalue weighted by atomic mass is 9.72. The number of halogens is 1. The van der Waals surface area contributed by atoms with Crippen molar-refractivity contribution in [3.63, 3.8) is 0 Å². The molecule has 0 aromatic carbocycles. The number of hydrogen-bond donors (Lipinski definition) is 0. The SMILES string of the molecule is C=C(F)/C=C(\C(=C)OC)c1nc(C)c(CN2C[C@H](C(C)(C)C)C[C@](C=O)(OC)C2)s1. The van der Waals surface area contributed by atoms with Gasteiger partial charge in [0.05, 0.1) is 18.4 Å². The number of carbonyl (C=O) groups is 1. The Morgan fingerprint density at radius 1 is 1.40 bits per heavy atom. The van der Waals surface area contributed by atoms with Gasteiger partial charge in [-0.3, -0.25) is 4.90 Å². The number of thiazole rings is 1. The summed E-state index contributed by atoms with van der Waals surface area (Å²) in [6, 6.07) is 0. The lowest BCUT2D eigenvalue weighted by Gasteiger charge is -2.46. The Morgan fingerprint density at radius 3 is 2.57 bits per heavy atom. The summed E-state index contributed by atoms with van der Waals surface area (Å²) in [7, 11) is 3.09. The number of aromatic nitrogens is 1. The van der Waals surface area contributed by atoms with Crippen molar-refractivity contribution in [2.45, 2.75) is 46.3 Å². The van der Waals surface area contributed by atoms with Crippen molar-refractivity contribution in [2.24, 2.45) is 11.3 Å². The van der Waals surface area contributed by atoms with Crippen molar-refractivity contribution in [1.82, 2.24) is 9.88 Å². The number of nitrogens with zero attached hydrogens (tertiary/aromatic N) is 2. The number of likely N-dealkylation sites (tertiary alicyclic amines) is 1. The van der Waals surface area contributed by atoms with Gasteiger partial charge < -0.3 is 14.3 Å². The molecule has 1 saturated heterocycles. The molecular formula is C23H33FN2O3S. The Hall–Kier alpha value is -1.83. The Labute approximate surface area is 183 Å². The minimum absolute atomic E-state index is 0.0486. The van der Waals surface area contributed by atoms with Crippen molar-refractivity contribution >= 4 is 23.2 Å². The highest BCUT2D eigenvalue weighted by Gasteiger charge is 2.43. The second kappa shape index (κ2) is 9.54. The van der Waals surface area contributed by atoms with E-state index in [1.165, 1.54) is 24.5 Å². The second-order valence-corrected chi connectivity index (χ2v) is 10.1. The monoisotopic (exact) mass is 436 g/mol. The number of aryl methyl sites for hydroxylation is 1. The minimum Gasteiger partial charge on any atom is -0.497 e.